The Hall–Kier alpha value is -4.75. The molecule has 2 fully saturated rings. The van der Waals surface area contributed by atoms with Crippen LogP contribution in [0.1, 0.15) is 18.2 Å². The third-order valence-corrected chi connectivity index (χ3v) is 7.95. The number of hydrogen-bond acceptors (Lipinski definition) is 11. The van der Waals surface area contributed by atoms with E-state index < -0.39 is 5.82 Å². The van der Waals surface area contributed by atoms with Crippen LogP contribution in [0.2, 0.25) is 0 Å². The molecule has 0 N–H and O–H groups in total. The molecule has 0 amide bonds. The fourth-order valence-electron chi connectivity index (χ4n) is 5.41. The molecule has 0 radical (unpaired) electrons. The monoisotopic (exact) mass is 642 g/mol. The van der Waals surface area contributed by atoms with E-state index in [2.05, 4.69) is 40.9 Å². The normalized spacial score (nSPS) is 17.4. The molecule has 0 saturated carbocycles. The highest BCUT2D eigenvalue weighted by molar-refractivity contribution is 6.09. The Morgan fingerprint density at radius 1 is 1.13 bits per heavy atom. The second kappa shape index (κ2) is 15.2. The highest BCUT2D eigenvalue weighted by atomic mass is 19.1. The molecule has 4 aromatic rings. The first-order valence-electron chi connectivity index (χ1n) is 15.7. The van der Waals surface area contributed by atoms with Gasteiger partial charge in [-0.3, -0.25) is 9.58 Å². The molecule has 2 aliphatic heterocycles. The highest BCUT2D eigenvalue weighted by Crippen LogP contribution is 2.26. The lowest BCUT2D eigenvalue weighted by Gasteiger charge is -2.32. The average molecular weight is 643 g/mol. The van der Waals surface area contributed by atoms with E-state index in [9.17, 15) is 4.39 Å². The molecule has 13 nitrogen and oxygen atoms in total. The lowest BCUT2D eigenvalue weighted by atomic mass is 10.1. The zero-order valence-corrected chi connectivity index (χ0v) is 26.9. The Kier molecular flexibility index (Phi) is 10.4. The van der Waals surface area contributed by atoms with Crippen molar-refractivity contribution in [2.24, 2.45) is 12.0 Å². The van der Waals surface area contributed by atoms with Gasteiger partial charge in [-0.2, -0.15) is 5.10 Å². The van der Waals surface area contributed by atoms with E-state index in [-0.39, 0.29) is 11.9 Å². The zero-order chi connectivity index (χ0) is 32.6. The van der Waals surface area contributed by atoms with Crippen molar-refractivity contribution in [2.75, 3.05) is 64.1 Å². The van der Waals surface area contributed by atoms with Gasteiger partial charge in [0.15, 0.2) is 17.4 Å². The Balaban J connectivity index is 1.09. The van der Waals surface area contributed by atoms with Crippen LogP contribution in [0, 0.1) is 12.7 Å². The fourth-order valence-corrected chi connectivity index (χ4v) is 5.41. The number of nitrogens with zero attached hydrogens (tertiary/aromatic N) is 10. The molecule has 0 bridgehead atoms. The summed E-state index contributed by atoms with van der Waals surface area (Å²) >= 11 is 0. The number of ether oxygens (including phenoxy) is 3. The van der Waals surface area contributed by atoms with Crippen molar-refractivity contribution in [3.63, 3.8) is 0 Å². The number of anilines is 1. The van der Waals surface area contributed by atoms with Crippen molar-refractivity contribution in [1.82, 2.24) is 39.6 Å². The molecule has 246 valence electrons. The minimum atomic E-state index is -0.415. The standard InChI is InChI=1S/C33H39FN10O3/c1-4-5-6-30(27-20-37-41(3)21-27)38-32-24(2)39-40-44(32)23-28-22-43(12-16-46-28)33-35-18-26(19-36-33)25-7-8-31(29(34)17-25)47-15-11-42-9-13-45-14-10-42/h4,6-8,17-21,28H,9-16,22-23H2,1-3H3/b38-30+/t5?,28-/m0/s1. The van der Waals surface area contributed by atoms with Crippen LogP contribution in [0.4, 0.5) is 16.2 Å². The number of rotatable bonds is 11. The van der Waals surface area contributed by atoms with E-state index in [1.54, 1.807) is 34.0 Å². The van der Waals surface area contributed by atoms with Crippen molar-refractivity contribution in [3.05, 3.63) is 77.9 Å². The first kappa shape index (κ1) is 32.2. The van der Waals surface area contributed by atoms with E-state index in [4.69, 9.17) is 19.2 Å². The van der Waals surface area contributed by atoms with Gasteiger partial charge >= 0.3 is 0 Å². The summed E-state index contributed by atoms with van der Waals surface area (Å²) in [6, 6.07) is 4.94. The number of halogens is 1. The molecule has 0 spiro atoms. The maximum Gasteiger partial charge on any atom is 0.225 e. The minimum Gasteiger partial charge on any atom is -0.489 e. The molecule has 1 atom stereocenters. The van der Waals surface area contributed by atoms with Crippen molar-refractivity contribution >= 4 is 17.5 Å². The summed E-state index contributed by atoms with van der Waals surface area (Å²) in [5.41, 5.74) is 6.77. The Labute approximate surface area is 273 Å². The lowest BCUT2D eigenvalue weighted by molar-refractivity contribution is 0.0269. The average Bonchev–Trinajstić information content (AvgIpc) is 3.68. The van der Waals surface area contributed by atoms with E-state index >= 15 is 0 Å². The molecule has 0 aliphatic carbocycles. The highest BCUT2D eigenvalue weighted by Gasteiger charge is 2.25. The summed E-state index contributed by atoms with van der Waals surface area (Å²) in [5.74, 6) is 1.04. The first-order valence-corrected chi connectivity index (χ1v) is 15.7. The van der Waals surface area contributed by atoms with Gasteiger partial charge in [-0.25, -0.2) is 24.0 Å². The third kappa shape index (κ3) is 8.16. The van der Waals surface area contributed by atoms with Crippen molar-refractivity contribution < 1.29 is 18.6 Å². The summed E-state index contributed by atoms with van der Waals surface area (Å²) in [4.78, 5) is 18.4. The topological polar surface area (TPSA) is 121 Å². The van der Waals surface area contributed by atoms with Crippen LogP contribution in [0.25, 0.3) is 11.1 Å². The molecule has 5 heterocycles. The van der Waals surface area contributed by atoms with Crippen LogP contribution in [0.15, 0.2) is 65.9 Å². The largest absolute Gasteiger partial charge is 0.489 e. The van der Waals surface area contributed by atoms with Gasteiger partial charge in [0.1, 0.15) is 12.3 Å². The molecule has 2 saturated heterocycles. The van der Waals surface area contributed by atoms with Crippen LogP contribution < -0.4 is 9.64 Å². The number of morpholine rings is 2. The number of benzene rings is 1. The second-order valence-corrected chi connectivity index (χ2v) is 11.3. The van der Waals surface area contributed by atoms with Gasteiger partial charge in [0.2, 0.25) is 5.95 Å². The molecular weight excluding hydrogens is 603 g/mol. The SMILES string of the molecule is CC=C=C/C(=N\c1c(C)nnn1C[C@@H]1CN(c2ncc(-c3ccc(OCCN4CCOCC4)c(F)c3)cn2)CCO1)c1cnn(C)c1. The molecule has 6 rings (SSSR count). The number of hydrogen-bond donors (Lipinski definition) is 0. The van der Waals surface area contributed by atoms with E-state index in [0.29, 0.717) is 67.1 Å². The minimum absolute atomic E-state index is 0.195. The van der Waals surface area contributed by atoms with Crippen LogP contribution in [0.5, 0.6) is 5.75 Å². The number of aryl methyl sites for hydroxylation is 2. The van der Waals surface area contributed by atoms with E-state index in [0.717, 1.165) is 38.4 Å². The second-order valence-electron chi connectivity index (χ2n) is 11.3. The van der Waals surface area contributed by atoms with E-state index in [1.807, 2.05) is 45.3 Å². The van der Waals surface area contributed by atoms with Gasteiger partial charge < -0.3 is 19.1 Å². The number of allylic oxidation sites excluding steroid dienone is 1. The quantitative estimate of drug-likeness (QED) is 0.178. The number of aromatic nitrogens is 7. The molecule has 0 unspecified atom stereocenters. The summed E-state index contributed by atoms with van der Waals surface area (Å²) in [6.45, 7) is 10.3. The van der Waals surface area contributed by atoms with Gasteiger partial charge in [0.25, 0.3) is 0 Å². The van der Waals surface area contributed by atoms with Crippen LogP contribution >= 0.6 is 0 Å². The molecule has 47 heavy (non-hydrogen) atoms. The summed E-state index contributed by atoms with van der Waals surface area (Å²) in [6.07, 6.45) is 10.5. The van der Waals surface area contributed by atoms with E-state index in [1.165, 1.54) is 6.07 Å². The van der Waals surface area contributed by atoms with Crippen LogP contribution in [-0.2, 0) is 23.1 Å². The van der Waals surface area contributed by atoms with Gasteiger partial charge in [0.05, 0.1) is 44.4 Å². The maximum absolute atomic E-state index is 14.9. The first-order chi connectivity index (χ1) is 23.0. The summed E-state index contributed by atoms with van der Waals surface area (Å²) in [5, 5.41) is 12.9. The Morgan fingerprint density at radius 2 is 1.96 bits per heavy atom. The van der Waals surface area contributed by atoms with Gasteiger partial charge in [-0.15, -0.1) is 10.8 Å². The predicted octanol–water partition coefficient (Wildman–Crippen LogP) is 3.38. The van der Waals surface area contributed by atoms with Crippen LogP contribution in [0.3, 0.4) is 0 Å². The van der Waals surface area contributed by atoms with Crippen molar-refractivity contribution in [2.45, 2.75) is 26.5 Å². The number of aliphatic imine (C=N–C) groups is 1. The Morgan fingerprint density at radius 3 is 2.70 bits per heavy atom. The van der Waals surface area contributed by atoms with Gasteiger partial charge in [-0.05, 0) is 37.6 Å². The molecular formula is C33H39FN10O3. The van der Waals surface area contributed by atoms with Gasteiger partial charge in [0, 0.05) is 75.6 Å². The van der Waals surface area contributed by atoms with Gasteiger partial charge in [-0.1, -0.05) is 11.3 Å². The predicted molar refractivity (Wildman–Crippen MR) is 175 cm³/mol. The van der Waals surface area contributed by atoms with Crippen molar-refractivity contribution in [1.29, 1.82) is 0 Å². The summed E-state index contributed by atoms with van der Waals surface area (Å²) in [7, 11) is 1.86. The zero-order valence-electron chi connectivity index (χ0n) is 26.9. The smallest absolute Gasteiger partial charge is 0.225 e. The molecule has 2 aliphatic rings. The maximum atomic E-state index is 14.9. The molecule has 3 aromatic heterocycles. The van der Waals surface area contributed by atoms with Crippen molar-refractivity contribution in [3.8, 4) is 16.9 Å². The van der Waals surface area contributed by atoms with Crippen LogP contribution in [-0.4, -0.2) is 111 Å². The lowest BCUT2D eigenvalue weighted by Crippen LogP contribution is -2.45. The molecule has 14 heteroatoms. The Bertz CT molecular complexity index is 1740. The third-order valence-electron chi connectivity index (χ3n) is 7.95. The molecule has 1 aromatic carbocycles. The summed E-state index contributed by atoms with van der Waals surface area (Å²) < 4.78 is 35.6. The fraction of sp³-hybridized carbons (Fsp3) is 0.424.